The molecule has 2 N–H and O–H groups in total. The van der Waals surface area contributed by atoms with Gasteiger partial charge in [0.15, 0.2) is 0 Å². The van der Waals surface area contributed by atoms with E-state index in [0.717, 1.165) is 27.6 Å². The zero-order valence-corrected chi connectivity index (χ0v) is 20.2. The van der Waals surface area contributed by atoms with E-state index < -0.39 is 6.10 Å². The normalized spacial score (nSPS) is 12.7. The minimum absolute atomic E-state index is 0.0226. The van der Waals surface area contributed by atoms with E-state index >= 15 is 0 Å². The van der Waals surface area contributed by atoms with Crippen LogP contribution in [-0.4, -0.2) is 40.8 Å². The fraction of sp³-hybridized carbons (Fsp3) is 0.423. The number of nitrogens with zero attached hydrogens (tertiary/aromatic N) is 2. The molecular weight excluding hydrogens is 402 g/mol. The Labute approximate surface area is 192 Å². The van der Waals surface area contributed by atoms with Gasteiger partial charge in [0, 0.05) is 30.3 Å². The van der Waals surface area contributed by atoms with E-state index in [9.17, 15) is 9.90 Å². The Morgan fingerprint density at radius 3 is 2.38 bits per heavy atom. The summed E-state index contributed by atoms with van der Waals surface area (Å²) in [4.78, 5) is 20.5. The highest BCUT2D eigenvalue weighted by Crippen LogP contribution is 2.26. The lowest BCUT2D eigenvalue weighted by molar-refractivity contribution is -0.119. The van der Waals surface area contributed by atoms with Gasteiger partial charge in [-0.25, -0.2) is 4.98 Å². The van der Waals surface area contributed by atoms with Gasteiger partial charge in [-0.05, 0) is 49.1 Å². The molecule has 0 fully saturated rings. The first-order chi connectivity index (χ1) is 15.3. The lowest BCUT2D eigenvalue weighted by atomic mass is 9.98. The summed E-state index contributed by atoms with van der Waals surface area (Å²) in [5.41, 5.74) is 3.42. The average molecular weight is 440 g/mol. The number of anilines is 1. The van der Waals surface area contributed by atoms with Gasteiger partial charge < -0.3 is 15.2 Å². The molecule has 0 aliphatic carbocycles. The SMILES string of the molecule is C=C(/C=C(C)\C(=C/C)c1cc2cnc(NC(=O)COC)cc2cn1)C(O)CC.CCCC. The van der Waals surface area contributed by atoms with E-state index in [2.05, 4.69) is 35.7 Å². The van der Waals surface area contributed by atoms with Gasteiger partial charge >= 0.3 is 0 Å². The standard InChI is InChI=1S/C22H27N3O3.C4H10/c1-6-18(14(3)8-15(4)20(26)7-2)19-9-16-12-24-21(10-17(16)11-23-19)25-22(27)13-28-5;1-3-4-2/h6,8-12,20,26H,4,7,13H2,1-3,5H3,(H,24,25,27);3-4H2,1-2H3/b14-8-,18-6+;. The van der Waals surface area contributed by atoms with E-state index in [1.165, 1.54) is 20.0 Å². The third-order valence-corrected chi connectivity index (χ3v) is 4.85. The molecule has 6 heteroatoms. The van der Waals surface area contributed by atoms with Crippen LogP contribution in [0.25, 0.3) is 16.3 Å². The number of unbranched alkanes of at least 4 members (excludes halogenated alkanes) is 1. The lowest BCUT2D eigenvalue weighted by Gasteiger charge is -2.12. The van der Waals surface area contributed by atoms with Crippen molar-refractivity contribution in [2.24, 2.45) is 0 Å². The van der Waals surface area contributed by atoms with Crippen molar-refractivity contribution < 1.29 is 14.6 Å². The van der Waals surface area contributed by atoms with Crippen LogP contribution in [-0.2, 0) is 9.53 Å². The van der Waals surface area contributed by atoms with Crippen molar-refractivity contribution in [1.29, 1.82) is 0 Å². The van der Waals surface area contributed by atoms with Crippen LogP contribution < -0.4 is 5.32 Å². The molecular formula is C26H37N3O3. The molecule has 6 nitrogen and oxygen atoms in total. The molecule has 0 spiro atoms. The number of hydrogen-bond donors (Lipinski definition) is 2. The van der Waals surface area contributed by atoms with Crippen molar-refractivity contribution in [2.75, 3.05) is 19.0 Å². The van der Waals surface area contributed by atoms with E-state index in [-0.39, 0.29) is 12.5 Å². The van der Waals surface area contributed by atoms with Crippen molar-refractivity contribution in [1.82, 2.24) is 9.97 Å². The van der Waals surface area contributed by atoms with E-state index in [4.69, 9.17) is 4.74 Å². The van der Waals surface area contributed by atoms with Crippen LogP contribution in [0.4, 0.5) is 5.82 Å². The first-order valence-electron chi connectivity index (χ1n) is 11.1. The summed E-state index contributed by atoms with van der Waals surface area (Å²) < 4.78 is 4.80. The summed E-state index contributed by atoms with van der Waals surface area (Å²) in [7, 11) is 1.46. The molecule has 0 bridgehead atoms. The zero-order valence-electron chi connectivity index (χ0n) is 20.2. The van der Waals surface area contributed by atoms with Crippen molar-refractivity contribution >= 4 is 28.1 Å². The molecule has 1 atom stereocenters. The van der Waals surface area contributed by atoms with Crippen LogP contribution in [0.1, 0.15) is 59.6 Å². The predicted molar refractivity (Wildman–Crippen MR) is 133 cm³/mol. The molecule has 174 valence electrons. The number of allylic oxidation sites excluding steroid dienone is 3. The van der Waals surface area contributed by atoms with Crippen LogP contribution in [0.3, 0.4) is 0 Å². The summed E-state index contributed by atoms with van der Waals surface area (Å²) in [5, 5.41) is 14.4. The number of methoxy groups -OCH3 is 1. The van der Waals surface area contributed by atoms with Crippen LogP contribution in [0.15, 0.2) is 54.4 Å². The maximum Gasteiger partial charge on any atom is 0.251 e. The highest BCUT2D eigenvalue weighted by Gasteiger charge is 2.10. The van der Waals surface area contributed by atoms with E-state index in [0.29, 0.717) is 17.8 Å². The Kier molecular flexibility index (Phi) is 12.1. The number of aromatic nitrogens is 2. The van der Waals surface area contributed by atoms with Crippen LogP contribution in [0.2, 0.25) is 0 Å². The van der Waals surface area contributed by atoms with Gasteiger partial charge in [0.1, 0.15) is 12.4 Å². The molecule has 0 radical (unpaired) electrons. The topological polar surface area (TPSA) is 84.3 Å². The zero-order chi connectivity index (χ0) is 24.1. The molecule has 0 saturated carbocycles. The summed E-state index contributed by atoms with van der Waals surface area (Å²) in [6.07, 6.45) is 10.0. The second-order valence-electron chi connectivity index (χ2n) is 7.50. The summed E-state index contributed by atoms with van der Waals surface area (Å²) >= 11 is 0. The number of amides is 1. The quantitative estimate of drug-likeness (QED) is 0.490. The molecule has 0 aliphatic rings. The van der Waals surface area contributed by atoms with Crippen molar-refractivity contribution in [3.05, 3.63) is 60.1 Å². The molecule has 32 heavy (non-hydrogen) atoms. The van der Waals surface area contributed by atoms with Gasteiger partial charge in [0.25, 0.3) is 5.91 Å². The maximum absolute atomic E-state index is 11.6. The molecule has 2 aromatic heterocycles. The number of carbonyl (C=O) groups is 1. The molecule has 0 aliphatic heterocycles. The van der Waals surface area contributed by atoms with E-state index in [1.54, 1.807) is 18.5 Å². The summed E-state index contributed by atoms with van der Waals surface area (Å²) in [5.74, 6) is 0.196. The monoisotopic (exact) mass is 439 g/mol. The number of carbonyl (C=O) groups excluding carboxylic acids is 1. The van der Waals surface area contributed by atoms with Gasteiger partial charge in [-0.3, -0.25) is 9.78 Å². The second kappa shape index (κ2) is 14.3. The van der Waals surface area contributed by atoms with Crippen LogP contribution in [0, 0.1) is 0 Å². The number of aliphatic hydroxyl groups excluding tert-OH is 1. The highest BCUT2D eigenvalue weighted by molar-refractivity contribution is 5.94. The highest BCUT2D eigenvalue weighted by atomic mass is 16.5. The Balaban J connectivity index is 0.00000118. The maximum atomic E-state index is 11.6. The predicted octanol–water partition coefficient (Wildman–Crippen LogP) is 5.70. The number of hydrogen-bond acceptors (Lipinski definition) is 5. The van der Waals surface area contributed by atoms with Crippen molar-refractivity contribution in [3.63, 3.8) is 0 Å². The first kappa shape index (κ1) is 27.2. The van der Waals surface area contributed by atoms with Gasteiger partial charge in [-0.15, -0.1) is 0 Å². The number of rotatable bonds is 9. The van der Waals surface area contributed by atoms with Gasteiger partial charge in [0.05, 0.1) is 11.8 Å². The number of ether oxygens (including phenoxy) is 1. The van der Waals surface area contributed by atoms with Crippen molar-refractivity contribution in [3.8, 4) is 0 Å². The smallest absolute Gasteiger partial charge is 0.251 e. The first-order valence-corrected chi connectivity index (χ1v) is 11.1. The van der Waals surface area contributed by atoms with Gasteiger partial charge in [0.2, 0.25) is 0 Å². The molecule has 1 unspecified atom stereocenters. The average Bonchev–Trinajstić information content (AvgIpc) is 2.79. The van der Waals surface area contributed by atoms with Gasteiger partial charge in [-0.1, -0.05) is 52.3 Å². The Hall–Kier alpha value is -2.83. The molecule has 2 rings (SSSR count). The Bertz CT molecular complexity index is 962. The van der Waals surface area contributed by atoms with Gasteiger partial charge in [-0.2, -0.15) is 0 Å². The summed E-state index contributed by atoms with van der Waals surface area (Å²) in [6.45, 7) is 14.1. The number of nitrogens with one attached hydrogen (secondary N) is 1. The minimum atomic E-state index is -0.548. The molecule has 0 saturated heterocycles. The largest absolute Gasteiger partial charge is 0.388 e. The third-order valence-electron chi connectivity index (χ3n) is 4.85. The number of pyridine rings is 2. The van der Waals surface area contributed by atoms with Crippen molar-refractivity contribution in [2.45, 2.75) is 60.0 Å². The molecule has 2 aromatic rings. The third kappa shape index (κ3) is 8.36. The fourth-order valence-corrected chi connectivity index (χ4v) is 2.86. The fourth-order valence-electron chi connectivity index (χ4n) is 2.86. The Morgan fingerprint density at radius 2 is 1.81 bits per heavy atom. The lowest BCUT2D eigenvalue weighted by Crippen LogP contribution is -2.17. The number of fused-ring (bicyclic) bond motifs is 1. The van der Waals surface area contributed by atoms with E-state index in [1.807, 2.05) is 39.0 Å². The molecule has 1 amide bonds. The summed E-state index contributed by atoms with van der Waals surface area (Å²) in [6, 6.07) is 3.73. The second-order valence-corrected chi connectivity index (χ2v) is 7.50. The van der Waals surface area contributed by atoms with Crippen LogP contribution in [0.5, 0.6) is 0 Å². The van der Waals surface area contributed by atoms with Crippen LogP contribution >= 0.6 is 0 Å². The minimum Gasteiger partial charge on any atom is -0.388 e. The molecule has 2 heterocycles. The molecule has 0 aromatic carbocycles. The number of aliphatic hydroxyl groups is 1. The Morgan fingerprint density at radius 1 is 1.19 bits per heavy atom.